The number of aromatic nitrogens is 1. The normalized spacial score (nSPS) is 10.8. The first-order valence-corrected chi connectivity index (χ1v) is 4.73. The Morgan fingerprint density at radius 3 is 2.69 bits per heavy atom. The number of nitrogens with two attached hydrogens (primary N) is 1. The molecule has 2 rings (SSSR count). The minimum Gasteiger partial charge on any atom is -0.444 e. The van der Waals surface area contributed by atoms with E-state index in [9.17, 15) is 8.78 Å². The maximum Gasteiger partial charge on any atom is 0.208 e. The van der Waals surface area contributed by atoms with Gasteiger partial charge < -0.3 is 10.2 Å². The first-order chi connectivity index (χ1) is 7.61. The van der Waals surface area contributed by atoms with E-state index >= 15 is 0 Å². The van der Waals surface area contributed by atoms with E-state index in [1.165, 1.54) is 12.1 Å². The second kappa shape index (κ2) is 4.02. The molecule has 16 heavy (non-hydrogen) atoms. The van der Waals surface area contributed by atoms with Crippen LogP contribution in [0.2, 0.25) is 0 Å². The maximum atomic E-state index is 13.5. The summed E-state index contributed by atoms with van der Waals surface area (Å²) in [5, 5.41) is 0. The van der Waals surface area contributed by atoms with E-state index in [2.05, 4.69) is 4.98 Å². The van der Waals surface area contributed by atoms with Crippen LogP contribution in [0.1, 0.15) is 11.7 Å². The second-order valence-corrected chi connectivity index (χ2v) is 3.34. The van der Waals surface area contributed by atoms with E-state index in [4.69, 9.17) is 10.2 Å². The molecule has 84 valence electrons. The van der Waals surface area contributed by atoms with Crippen LogP contribution in [0.4, 0.5) is 8.78 Å². The van der Waals surface area contributed by atoms with Gasteiger partial charge in [0, 0.05) is 11.6 Å². The molecule has 1 aromatic heterocycles. The fourth-order valence-electron chi connectivity index (χ4n) is 1.47. The fourth-order valence-corrected chi connectivity index (χ4v) is 1.47. The van der Waals surface area contributed by atoms with Crippen molar-refractivity contribution >= 4 is 0 Å². The SMILES string of the molecule is Cc1oc(CN)nc1-c1ccc(F)cc1F. The summed E-state index contributed by atoms with van der Waals surface area (Å²) in [4.78, 5) is 4.03. The number of hydrogen-bond donors (Lipinski definition) is 1. The summed E-state index contributed by atoms with van der Waals surface area (Å²) in [7, 11) is 0. The van der Waals surface area contributed by atoms with Gasteiger partial charge in [-0.1, -0.05) is 0 Å². The lowest BCUT2D eigenvalue weighted by molar-refractivity contribution is 0.474. The molecule has 0 atom stereocenters. The molecule has 5 heteroatoms. The number of rotatable bonds is 2. The Kier molecular flexibility index (Phi) is 2.70. The van der Waals surface area contributed by atoms with Crippen molar-refractivity contribution in [3.63, 3.8) is 0 Å². The van der Waals surface area contributed by atoms with E-state index in [0.29, 0.717) is 17.3 Å². The lowest BCUT2D eigenvalue weighted by Gasteiger charge is -1.99. The van der Waals surface area contributed by atoms with Crippen molar-refractivity contribution in [2.24, 2.45) is 5.73 Å². The van der Waals surface area contributed by atoms with Crippen molar-refractivity contribution in [1.29, 1.82) is 0 Å². The van der Waals surface area contributed by atoms with E-state index in [-0.39, 0.29) is 12.1 Å². The lowest BCUT2D eigenvalue weighted by atomic mass is 10.1. The topological polar surface area (TPSA) is 52.0 Å². The zero-order valence-electron chi connectivity index (χ0n) is 8.63. The van der Waals surface area contributed by atoms with Gasteiger partial charge in [0.15, 0.2) is 0 Å². The molecule has 3 nitrogen and oxygen atoms in total. The summed E-state index contributed by atoms with van der Waals surface area (Å²) < 4.78 is 31.4. The van der Waals surface area contributed by atoms with Crippen LogP contribution in [-0.4, -0.2) is 4.98 Å². The predicted octanol–water partition coefficient (Wildman–Crippen LogP) is 2.39. The van der Waals surface area contributed by atoms with Crippen molar-refractivity contribution in [2.75, 3.05) is 0 Å². The molecule has 0 spiro atoms. The highest BCUT2D eigenvalue weighted by Crippen LogP contribution is 2.26. The zero-order valence-corrected chi connectivity index (χ0v) is 8.63. The number of benzene rings is 1. The second-order valence-electron chi connectivity index (χ2n) is 3.34. The molecule has 0 radical (unpaired) electrons. The first kappa shape index (κ1) is 10.8. The van der Waals surface area contributed by atoms with Crippen LogP contribution in [-0.2, 0) is 6.54 Å². The van der Waals surface area contributed by atoms with Gasteiger partial charge in [-0.25, -0.2) is 13.8 Å². The summed E-state index contributed by atoms with van der Waals surface area (Å²) in [6, 6.07) is 3.32. The summed E-state index contributed by atoms with van der Waals surface area (Å²) in [5.74, 6) is -0.497. The molecule has 0 aliphatic heterocycles. The third-order valence-corrected chi connectivity index (χ3v) is 2.20. The average Bonchev–Trinajstić information content (AvgIpc) is 2.60. The monoisotopic (exact) mass is 224 g/mol. The summed E-state index contributed by atoms with van der Waals surface area (Å²) in [6.07, 6.45) is 0. The van der Waals surface area contributed by atoms with E-state index in [1.807, 2.05) is 0 Å². The maximum absolute atomic E-state index is 13.5. The van der Waals surface area contributed by atoms with Gasteiger partial charge in [0.25, 0.3) is 0 Å². The number of aryl methyl sites for hydroxylation is 1. The number of halogens is 2. The molecule has 1 aromatic carbocycles. The number of nitrogens with zero attached hydrogens (tertiary/aromatic N) is 1. The minimum atomic E-state index is -0.667. The molecule has 0 fully saturated rings. The summed E-state index contributed by atoms with van der Waals surface area (Å²) >= 11 is 0. The van der Waals surface area contributed by atoms with Gasteiger partial charge in [-0.2, -0.15) is 0 Å². The lowest BCUT2D eigenvalue weighted by Crippen LogP contribution is -1.96. The molecule has 2 N–H and O–H groups in total. The van der Waals surface area contributed by atoms with Crippen molar-refractivity contribution < 1.29 is 13.2 Å². The van der Waals surface area contributed by atoms with Crippen molar-refractivity contribution in [1.82, 2.24) is 4.98 Å². The van der Waals surface area contributed by atoms with Crippen LogP contribution in [0.15, 0.2) is 22.6 Å². The summed E-state index contributed by atoms with van der Waals surface area (Å²) in [6.45, 7) is 1.80. The highest BCUT2D eigenvalue weighted by molar-refractivity contribution is 5.61. The van der Waals surface area contributed by atoms with Crippen LogP contribution >= 0.6 is 0 Å². The molecule has 0 saturated heterocycles. The smallest absolute Gasteiger partial charge is 0.208 e. The summed E-state index contributed by atoms with van der Waals surface area (Å²) in [5.41, 5.74) is 5.93. The Hall–Kier alpha value is -1.75. The molecule has 2 aromatic rings. The fraction of sp³-hybridized carbons (Fsp3) is 0.182. The minimum absolute atomic E-state index is 0.143. The third-order valence-electron chi connectivity index (χ3n) is 2.20. The Morgan fingerprint density at radius 1 is 1.38 bits per heavy atom. The van der Waals surface area contributed by atoms with Crippen molar-refractivity contribution in [2.45, 2.75) is 13.5 Å². The van der Waals surface area contributed by atoms with Gasteiger partial charge in [0.05, 0.1) is 6.54 Å². The predicted molar refractivity (Wildman–Crippen MR) is 54.5 cm³/mol. The van der Waals surface area contributed by atoms with Crippen LogP contribution in [0, 0.1) is 18.6 Å². The van der Waals surface area contributed by atoms with Crippen LogP contribution in [0.25, 0.3) is 11.3 Å². The Balaban J connectivity index is 2.53. The molecular formula is C11H10F2N2O. The third kappa shape index (κ3) is 1.81. The van der Waals surface area contributed by atoms with Gasteiger partial charge in [0.1, 0.15) is 23.1 Å². The average molecular weight is 224 g/mol. The van der Waals surface area contributed by atoms with Gasteiger partial charge in [-0.15, -0.1) is 0 Å². The van der Waals surface area contributed by atoms with Gasteiger partial charge in [0.2, 0.25) is 5.89 Å². The Morgan fingerprint density at radius 2 is 2.12 bits per heavy atom. The van der Waals surface area contributed by atoms with E-state index < -0.39 is 11.6 Å². The van der Waals surface area contributed by atoms with Crippen LogP contribution in [0.5, 0.6) is 0 Å². The Labute approximate surface area is 90.9 Å². The number of oxazole rings is 1. The van der Waals surface area contributed by atoms with Crippen LogP contribution in [0.3, 0.4) is 0 Å². The number of hydrogen-bond acceptors (Lipinski definition) is 3. The molecule has 0 amide bonds. The van der Waals surface area contributed by atoms with Crippen molar-refractivity contribution in [3.8, 4) is 11.3 Å². The molecule has 0 unspecified atom stereocenters. The van der Waals surface area contributed by atoms with Gasteiger partial charge in [-0.3, -0.25) is 0 Å². The molecule has 1 heterocycles. The highest BCUT2D eigenvalue weighted by atomic mass is 19.1. The molecule has 0 bridgehead atoms. The molecule has 0 aliphatic carbocycles. The first-order valence-electron chi connectivity index (χ1n) is 4.73. The van der Waals surface area contributed by atoms with Gasteiger partial charge in [-0.05, 0) is 19.1 Å². The zero-order chi connectivity index (χ0) is 11.7. The Bertz CT molecular complexity index is 523. The highest BCUT2D eigenvalue weighted by Gasteiger charge is 2.14. The van der Waals surface area contributed by atoms with Gasteiger partial charge >= 0.3 is 0 Å². The van der Waals surface area contributed by atoms with Crippen molar-refractivity contribution in [3.05, 3.63) is 41.5 Å². The van der Waals surface area contributed by atoms with E-state index in [0.717, 1.165) is 6.07 Å². The van der Waals surface area contributed by atoms with Crippen LogP contribution < -0.4 is 5.73 Å². The molecular weight excluding hydrogens is 214 g/mol. The molecule has 0 saturated carbocycles. The standard InChI is InChI=1S/C11H10F2N2O/c1-6-11(15-10(5-14)16-6)8-3-2-7(12)4-9(8)13/h2-4H,5,14H2,1H3. The molecule has 0 aliphatic rings. The van der Waals surface area contributed by atoms with E-state index in [1.54, 1.807) is 6.92 Å². The quantitative estimate of drug-likeness (QED) is 0.852. The largest absolute Gasteiger partial charge is 0.444 e.